The van der Waals surface area contributed by atoms with Gasteiger partial charge in [0.25, 0.3) is 5.78 Å². The minimum Gasteiger partial charge on any atom is -0.477 e. The molecular formula is C22H20N2O5. The van der Waals surface area contributed by atoms with Crippen molar-refractivity contribution in [3.05, 3.63) is 77.4 Å². The van der Waals surface area contributed by atoms with Gasteiger partial charge in [0.05, 0.1) is 6.20 Å². The number of benzene rings is 2. The fourth-order valence-electron chi connectivity index (χ4n) is 3.20. The quantitative estimate of drug-likeness (QED) is 0.448. The van der Waals surface area contributed by atoms with Gasteiger partial charge in [-0.15, -0.1) is 0 Å². The molecule has 7 nitrogen and oxygen atoms in total. The Balaban J connectivity index is 1.92. The van der Waals surface area contributed by atoms with Crippen LogP contribution in [0.4, 0.5) is 0 Å². The second-order valence-corrected chi connectivity index (χ2v) is 6.58. The van der Waals surface area contributed by atoms with Gasteiger partial charge in [0, 0.05) is 18.5 Å². The SMILES string of the molecule is CCCc1ncc(C(=O)O)n1Cc1ccc(-c2ccccc2C(=O)C(=O)O)cc1. The lowest BCUT2D eigenvalue weighted by Crippen LogP contribution is -2.14. The molecule has 0 unspecified atom stereocenters. The molecule has 0 aliphatic rings. The zero-order valence-corrected chi connectivity index (χ0v) is 15.8. The number of aromatic nitrogens is 2. The fraction of sp³-hybridized carbons (Fsp3) is 0.182. The molecule has 0 fully saturated rings. The summed E-state index contributed by atoms with van der Waals surface area (Å²) in [6, 6.07) is 13.8. The molecule has 2 aromatic carbocycles. The first-order valence-corrected chi connectivity index (χ1v) is 9.16. The maximum atomic E-state index is 12.0. The number of imidazole rings is 1. The van der Waals surface area contributed by atoms with Gasteiger partial charge in [-0.3, -0.25) is 4.79 Å². The molecule has 0 amide bonds. The molecule has 7 heteroatoms. The first-order chi connectivity index (χ1) is 13.9. The average Bonchev–Trinajstić information content (AvgIpc) is 3.11. The first kappa shape index (κ1) is 20.0. The van der Waals surface area contributed by atoms with Gasteiger partial charge in [-0.25, -0.2) is 14.6 Å². The van der Waals surface area contributed by atoms with Crippen molar-refractivity contribution in [2.24, 2.45) is 0 Å². The van der Waals surface area contributed by atoms with E-state index < -0.39 is 17.7 Å². The Morgan fingerprint density at radius 2 is 1.69 bits per heavy atom. The van der Waals surface area contributed by atoms with Crippen molar-refractivity contribution in [1.82, 2.24) is 9.55 Å². The number of carboxylic acids is 2. The van der Waals surface area contributed by atoms with Crippen molar-refractivity contribution in [3.63, 3.8) is 0 Å². The molecule has 0 saturated carbocycles. The molecule has 0 aliphatic carbocycles. The van der Waals surface area contributed by atoms with Crippen LogP contribution < -0.4 is 0 Å². The fourth-order valence-corrected chi connectivity index (χ4v) is 3.20. The summed E-state index contributed by atoms with van der Waals surface area (Å²) >= 11 is 0. The topological polar surface area (TPSA) is 109 Å². The highest BCUT2D eigenvalue weighted by Gasteiger charge is 2.19. The van der Waals surface area contributed by atoms with Crippen molar-refractivity contribution >= 4 is 17.7 Å². The van der Waals surface area contributed by atoms with Crippen LogP contribution in [0.2, 0.25) is 0 Å². The van der Waals surface area contributed by atoms with E-state index in [1.165, 1.54) is 12.3 Å². The summed E-state index contributed by atoms with van der Waals surface area (Å²) in [5.41, 5.74) is 2.37. The van der Waals surface area contributed by atoms with Crippen LogP contribution in [-0.2, 0) is 17.8 Å². The molecule has 3 rings (SSSR count). The Morgan fingerprint density at radius 3 is 2.31 bits per heavy atom. The number of carbonyl (C=O) groups is 3. The molecule has 148 valence electrons. The van der Waals surface area contributed by atoms with E-state index in [0.29, 0.717) is 29.9 Å². The Bertz CT molecular complexity index is 1070. The Morgan fingerprint density at radius 1 is 1.00 bits per heavy atom. The molecular weight excluding hydrogens is 372 g/mol. The Hall–Kier alpha value is -3.74. The largest absolute Gasteiger partial charge is 0.477 e. The minimum atomic E-state index is -1.50. The lowest BCUT2D eigenvalue weighted by molar-refractivity contribution is -0.131. The number of nitrogens with zero attached hydrogens (tertiary/aromatic N) is 2. The second-order valence-electron chi connectivity index (χ2n) is 6.58. The lowest BCUT2D eigenvalue weighted by Gasteiger charge is -2.11. The van der Waals surface area contributed by atoms with Crippen molar-refractivity contribution in [2.45, 2.75) is 26.3 Å². The van der Waals surface area contributed by atoms with Crippen LogP contribution in [0.1, 0.15) is 45.6 Å². The zero-order chi connectivity index (χ0) is 21.0. The monoisotopic (exact) mass is 392 g/mol. The number of carbonyl (C=O) groups excluding carboxylic acids is 1. The molecule has 0 spiro atoms. The van der Waals surface area contributed by atoms with Crippen LogP contribution in [0, 0.1) is 0 Å². The number of carboxylic acid groups (broad SMARTS) is 2. The molecule has 3 aromatic rings. The highest BCUT2D eigenvalue weighted by atomic mass is 16.4. The molecule has 0 radical (unpaired) electrons. The molecule has 29 heavy (non-hydrogen) atoms. The molecule has 2 N–H and O–H groups in total. The van der Waals surface area contributed by atoms with Crippen LogP contribution in [0.15, 0.2) is 54.7 Å². The zero-order valence-electron chi connectivity index (χ0n) is 15.8. The minimum absolute atomic E-state index is 0.126. The first-order valence-electron chi connectivity index (χ1n) is 9.16. The van der Waals surface area contributed by atoms with E-state index in [9.17, 15) is 19.5 Å². The van der Waals surface area contributed by atoms with Crippen molar-refractivity contribution < 1.29 is 24.6 Å². The predicted octanol–water partition coefficient (Wildman–Crippen LogP) is 3.52. The summed E-state index contributed by atoms with van der Waals surface area (Å²) < 4.78 is 1.68. The van der Waals surface area contributed by atoms with Crippen LogP contribution in [0.25, 0.3) is 11.1 Å². The highest BCUT2D eigenvalue weighted by molar-refractivity contribution is 6.41. The number of aryl methyl sites for hydroxylation is 1. The Labute approximate surface area is 167 Å². The third kappa shape index (κ3) is 4.24. The predicted molar refractivity (Wildman–Crippen MR) is 106 cm³/mol. The number of Topliss-reactive ketones (excluding diaryl/α,β-unsaturated/α-hetero) is 1. The number of aliphatic carboxylic acids is 1. The van der Waals surface area contributed by atoms with Crippen LogP contribution in [-0.4, -0.2) is 37.5 Å². The van der Waals surface area contributed by atoms with Gasteiger partial charge >= 0.3 is 11.9 Å². The highest BCUT2D eigenvalue weighted by Crippen LogP contribution is 2.25. The van der Waals surface area contributed by atoms with Gasteiger partial charge in [-0.2, -0.15) is 0 Å². The number of hydrogen-bond donors (Lipinski definition) is 2. The van der Waals surface area contributed by atoms with Crippen LogP contribution in [0.3, 0.4) is 0 Å². The van der Waals surface area contributed by atoms with E-state index in [-0.39, 0.29) is 11.3 Å². The normalized spacial score (nSPS) is 10.7. The van der Waals surface area contributed by atoms with Gasteiger partial charge in [0.1, 0.15) is 11.5 Å². The van der Waals surface area contributed by atoms with E-state index >= 15 is 0 Å². The summed E-state index contributed by atoms with van der Waals surface area (Å²) in [4.78, 5) is 38.7. The molecule has 0 saturated heterocycles. The maximum absolute atomic E-state index is 12.0. The second kappa shape index (κ2) is 8.52. The van der Waals surface area contributed by atoms with Gasteiger partial charge in [-0.1, -0.05) is 55.5 Å². The van der Waals surface area contributed by atoms with Crippen molar-refractivity contribution in [2.75, 3.05) is 0 Å². The number of aromatic carboxylic acids is 1. The van der Waals surface area contributed by atoms with Gasteiger partial charge in [-0.05, 0) is 23.1 Å². The Kier molecular flexibility index (Phi) is 5.87. The standard InChI is InChI=1S/C22H20N2O5/c1-2-5-19-23-12-18(21(26)27)24(19)13-14-8-10-15(11-9-14)16-6-3-4-7-17(16)20(25)22(28)29/h3-4,6-12H,2,5,13H2,1H3,(H,26,27)(H,28,29). The summed E-state index contributed by atoms with van der Waals surface area (Å²) in [5, 5.41) is 18.4. The number of rotatable bonds is 8. The molecule has 0 atom stereocenters. The van der Waals surface area contributed by atoms with E-state index in [2.05, 4.69) is 4.98 Å². The summed E-state index contributed by atoms with van der Waals surface area (Å²) in [5.74, 6) is -2.78. The number of ketones is 1. The maximum Gasteiger partial charge on any atom is 0.377 e. The van der Waals surface area contributed by atoms with E-state index in [4.69, 9.17) is 5.11 Å². The van der Waals surface area contributed by atoms with E-state index in [1.54, 1.807) is 34.9 Å². The third-order valence-corrected chi connectivity index (χ3v) is 4.60. The summed E-state index contributed by atoms with van der Waals surface area (Å²) in [6.45, 7) is 2.36. The van der Waals surface area contributed by atoms with Gasteiger partial charge in [0.2, 0.25) is 0 Å². The summed E-state index contributed by atoms with van der Waals surface area (Å²) in [7, 11) is 0. The van der Waals surface area contributed by atoms with Gasteiger partial charge in [0.15, 0.2) is 0 Å². The molecule has 1 heterocycles. The number of hydrogen-bond acceptors (Lipinski definition) is 4. The van der Waals surface area contributed by atoms with Gasteiger partial charge < -0.3 is 14.8 Å². The molecule has 0 aliphatic heterocycles. The van der Waals surface area contributed by atoms with Crippen LogP contribution in [0.5, 0.6) is 0 Å². The smallest absolute Gasteiger partial charge is 0.377 e. The van der Waals surface area contributed by atoms with Crippen molar-refractivity contribution in [3.8, 4) is 11.1 Å². The molecule has 1 aromatic heterocycles. The van der Waals surface area contributed by atoms with E-state index in [0.717, 1.165) is 12.0 Å². The van der Waals surface area contributed by atoms with E-state index in [1.807, 2.05) is 19.1 Å². The van der Waals surface area contributed by atoms with Crippen molar-refractivity contribution in [1.29, 1.82) is 0 Å². The lowest BCUT2D eigenvalue weighted by atomic mass is 9.96. The third-order valence-electron chi connectivity index (χ3n) is 4.60. The average molecular weight is 392 g/mol. The summed E-state index contributed by atoms with van der Waals surface area (Å²) in [6.07, 6.45) is 2.90. The molecule has 0 bridgehead atoms. The van der Waals surface area contributed by atoms with Crippen LogP contribution >= 0.6 is 0 Å².